The monoisotopic (exact) mass is 345 g/mol. The maximum atomic E-state index is 13.5. The molecule has 1 fully saturated rings. The number of aromatic nitrogens is 2. The van der Waals surface area contributed by atoms with Crippen molar-refractivity contribution in [3.8, 4) is 11.3 Å². The van der Waals surface area contributed by atoms with E-state index in [1.54, 1.807) is 0 Å². The standard InChI is InChI=1S/C22H23N3O/c1-16-10-12-17(13-11-16)21-20(18-8-4-5-9-19(18)23-24-21)22(26)25-14-6-2-3-7-15-25/h4-5,8-13H,2-3,6-7,14-15H2,1H3. The summed E-state index contributed by atoms with van der Waals surface area (Å²) in [4.78, 5) is 15.5. The number of carbonyl (C=O) groups excluding carboxylic acids is 1. The Morgan fingerprint density at radius 1 is 0.885 bits per heavy atom. The first-order valence-corrected chi connectivity index (χ1v) is 9.36. The van der Waals surface area contributed by atoms with E-state index < -0.39 is 0 Å². The molecule has 2 aromatic carbocycles. The normalized spacial score (nSPS) is 15.0. The SMILES string of the molecule is Cc1ccc(-c2nnc3ccccc3c2C(=O)N2CCCCCC2)cc1. The van der Waals surface area contributed by atoms with E-state index in [1.165, 1.54) is 18.4 Å². The van der Waals surface area contributed by atoms with Gasteiger partial charge in [0, 0.05) is 24.0 Å². The molecular formula is C22H23N3O. The maximum absolute atomic E-state index is 13.5. The van der Waals surface area contributed by atoms with Gasteiger partial charge < -0.3 is 4.90 Å². The zero-order valence-corrected chi connectivity index (χ0v) is 15.1. The van der Waals surface area contributed by atoms with Gasteiger partial charge in [0.1, 0.15) is 5.69 Å². The highest BCUT2D eigenvalue weighted by atomic mass is 16.2. The zero-order chi connectivity index (χ0) is 17.9. The molecule has 0 saturated carbocycles. The van der Waals surface area contributed by atoms with Gasteiger partial charge in [-0.15, -0.1) is 10.2 Å². The summed E-state index contributed by atoms with van der Waals surface area (Å²) in [6.07, 6.45) is 4.54. The summed E-state index contributed by atoms with van der Waals surface area (Å²) >= 11 is 0. The van der Waals surface area contributed by atoms with Crippen LogP contribution >= 0.6 is 0 Å². The molecule has 4 heteroatoms. The van der Waals surface area contributed by atoms with Gasteiger partial charge in [-0.3, -0.25) is 4.79 Å². The fourth-order valence-corrected chi connectivity index (χ4v) is 3.62. The number of carbonyl (C=O) groups is 1. The molecule has 0 aliphatic carbocycles. The van der Waals surface area contributed by atoms with Crippen LogP contribution in [0.2, 0.25) is 0 Å². The number of aryl methyl sites for hydroxylation is 1. The van der Waals surface area contributed by atoms with Crippen molar-refractivity contribution in [2.24, 2.45) is 0 Å². The molecule has 1 aliphatic heterocycles. The van der Waals surface area contributed by atoms with Crippen LogP contribution in [-0.2, 0) is 0 Å². The minimum atomic E-state index is 0.0774. The minimum absolute atomic E-state index is 0.0774. The number of hydrogen-bond acceptors (Lipinski definition) is 3. The molecule has 0 unspecified atom stereocenters. The molecule has 2 heterocycles. The Balaban J connectivity index is 1.88. The summed E-state index contributed by atoms with van der Waals surface area (Å²) in [6.45, 7) is 3.70. The third-order valence-electron chi connectivity index (χ3n) is 5.10. The highest BCUT2D eigenvalue weighted by Gasteiger charge is 2.24. The van der Waals surface area contributed by atoms with Crippen molar-refractivity contribution < 1.29 is 4.79 Å². The van der Waals surface area contributed by atoms with Crippen LogP contribution in [0.5, 0.6) is 0 Å². The first kappa shape index (κ1) is 16.7. The van der Waals surface area contributed by atoms with Crippen molar-refractivity contribution in [1.82, 2.24) is 15.1 Å². The fraction of sp³-hybridized carbons (Fsp3) is 0.318. The Bertz CT molecular complexity index is 926. The summed E-state index contributed by atoms with van der Waals surface area (Å²) in [5.41, 5.74) is 4.25. The molecule has 0 radical (unpaired) electrons. The number of nitrogens with zero attached hydrogens (tertiary/aromatic N) is 3. The zero-order valence-electron chi connectivity index (χ0n) is 15.1. The van der Waals surface area contributed by atoms with Crippen LogP contribution in [0.15, 0.2) is 48.5 Å². The van der Waals surface area contributed by atoms with Crippen LogP contribution in [0.1, 0.15) is 41.6 Å². The molecule has 3 aromatic rings. The van der Waals surface area contributed by atoms with Crippen molar-refractivity contribution in [2.45, 2.75) is 32.6 Å². The van der Waals surface area contributed by atoms with Crippen LogP contribution in [0.25, 0.3) is 22.2 Å². The first-order valence-electron chi connectivity index (χ1n) is 9.36. The van der Waals surface area contributed by atoms with E-state index in [2.05, 4.69) is 17.1 Å². The largest absolute Gasteiger partial charge is 0.339 e. The van der Waals surface area contributed by atoms with Crippen molar-refractivity contribution >= 4 is 16.8 Å². The topological polar surface area (TPSA) is 46.1 Å². The van der Waals surface area contributed by atoms with Gasteiger partial charge in [0.25, 0.3) is 5.91 Å². The highest BCUT2D eigenvalue weighted by molar-refractivity contribution is 6.10. The molecule has 0 atom stereocenters. The first-order chi connectivity index (χ1) is 12.7. The predicted molar refractivity (Wildman–Crippen MR) is 104 cm³/mol. The third kappa shape index (κ3) is 3.19. The van der Waals surface area contributed by atoms with Gasteiger partial charge >= 0.3 is 0 Å². The summed E-state index contributed by atoms with van der Waals surface area (Å²) in [5.74, 6) is 0.0774. The van der Waals surface area contributed by atoms with E-state index in [1.807, 2.05) is 53.4 Å². The molecule has 0 spiro atoms. The van der Waals surface area contributed by atoms with Crippen LogP contribution in [0.3, 0.4) is 0 Å². The summed E-state index contributed by atoms with van der Waals surface area (Å²) in [5, 5.41) is 9.70. The average molecular weight is 345 g/mol. The lowest BCUT2D eigenvalue weighted by Crippen LogP contribution is -2.32. The van der Waals surface area contributed by atoms with Gasteiger partial charge in [-0.25, -0.2) is 0 Å². The summed E-state index contributed by atoms with van der Waals surface area (Å²) in [6, 6.07) is 15.9. The number of fused-ring (bicyclic) bond motifs is 1. The van der Waals surface area contributed by atoms with E-state index in [4.69, 9.17) is 0 Å². The molecule has 1 saturated heterocycles. The fourth-order valence-electron chi connectivity index (χ4n) is 3.62. The van der Waals surface area contributed by atoms with E-state index in [0.717, 1.165) is 42.4 Å². The summed E-state index contributed by atoms with van der Waals surface area (Å²) < 4.78 is 0. The quantitative estimate of drug-likeness (QED) is 0.681. The average Bonchev–Trinajstić information content (AvgIpc) is 2.97. The number of amides is 1. The second kappa shape index (κ2) is 7.24. The smallest absolute Gasteiger partial charge is 0.256 e. The third-order valence-corrected chi connectivity index (χ3v) is 5.10. The highest BCUT2D eigenvalue weighted by Crippen LogP contribution is 2.29. The minimum Gasteiger partial charge on any atom is -0.339 e. The second-order valence-electron chi connectivity index (χ2n) is 7.01. The van der Waals surface area contributed by atoms with Gasteiger partial charge in [-0.05, 0) is 25.8 Å². The van der Waals surface area contributed by atoms with Gasteiger partial charge in [-0.2, -0.15) is 0 Å². The molecule has 1 aromatic heterocycles. The number of likely N-dealkylation sites (tertiary alicyclic amines) is 1. The van der Waals surface area contributed by atoms with Gasteiger partial charge in [0.15, 0.2) is 0 Å². The number of rotatable bonds is 2. The molecule has 1 aliphatic rings. The lowest BCUT2D eigenvalue weighted by Gasteiger charge is -2.22. The van der Waals surface area contributed by atoms with Crippen molar-refractivity contribution in [3.63, 3.8) is 0 Å². The molecule has 132 valence electrons. The lowest BCUT2D eigenvalue weighted by molar-refractivity contribution is 0.0764. The Labute approximate surface area is 153 Å². The van der Waals surface area contributed by atoms with Crippen molar-refractivity contribution in [1.29, 1.82) is 0 Å². The van der Waals surface area contributed by atoms with Crippen molar-refractivity contribution in [2.75, 3.05) is 13.1 Å². The Kier molecular flexibility index (Phi) is 4.65. The van der Waals surface area contributed by atoms with Crippen LogP contribution < -0.4 is 0 Å². The van der Waals surface area contributed by atoms with Crippen LogP contribution in [-0.4, -0.2) is 34.1 Å². The predicted octanol–water partition coefficient (Wildman–Crippen LogP) is 4.62. The maximum Gasteiger partial charge on any atom is 0.256 e. The number of benzene rings is 2. The van der Waals surface area contributed by atoms with Gasteiger partial charge in [-0.1, -0.05) is 60.9 Å². The van der Waals surface area contributed by atoms with Crippen LogP contribution in [0.4, 0.5) is 0 Å². The molecular weight excluding hydrogens is 322 g/mol. The Morgan fingerprint density at radius 2 is 1.58 bits per heavy atom. The Hall–Kier alpha value is -2.75. The molecule has 0 bridgehead atoms. The summed E-state index contributed by atoms with van der Waals surface area (Å²) in [7, 11) is 0. The molecule has 1 amide bonds. The second-order valence-corrected chi connectivity index (χ2v) is 7.01. The van der Waals surface area contributed by atoms with E-state index in [9.17, 15) is 4.79 Å². The van der Waals surface area contributed by atoms with E-state index in [-0.39, 0.29) is 5.91 Å². The number of hydrogen-bond donors (Lipinski definition) is 0. The van der Waals surface area contributed by atoms with Crippen molar-refractivity contribution in [3.05, 3.63) is 59.7 Å². The molecule has 0 N–H and O–H groups in total. The van der Waals surface area contributed by atoms with Crippen LogP contribution in [0, 0.1) is 6.92 Å². The van der Waals surface area contributed by atoms with E-state index in [0.29, 0.717) is 11.3 Å². The lowest BCUT2D eigenvalue weighted by atomic mass is 10.00. The Morgan fingerprint density at radius 3 is 2.31 bits per heavy atom. The van der Waals surface area contributed by atoms with Gasteiger partial charge in [0.2, 0.25) is 0 Å². The molecule has 26 heavy (non-hydrogen) atoms. The molecule has 4 rings (SSSR count). The molecule has 4 nitrogen and oxygen atoms in total. The van der Waals surface area contributed by atoms with E-state index >= 15 is 0 Å². The van der Waals surface area contributed by atoms with Gasteiger partial charge in [0.05, 0.1) is 11.1 Å².